The molecule has 44 heavy (non-hydrogen) atoms. The first-order valence-electron chi connectivity index (χ1n) is 14.8. The maximum Gasteiger partial charge on any atom is 0.269 e. The van der Waals surface area contributed by atoms with E-state index in [0.717, 1.165) is 38.9 Å². The Hall–Kier alpha value is -5.24. The lowest BCUT2D eigenvalue weighted by Gasteiger charge is -2.34. The molecule has 8 heteroatoms. The van der Waals surface area contributed by atoms with Gasteiger partial charge in [0.15, 0.2) is 0 Å². The van der Waals surface area contributed by atoms with Crippen molar-refractivity contribution in [3.8, 4) is 11.3 Å². The van der Waals surface area contributed by atoms with Crippen molar-refractivity contribution in [3.63, 3.8) is 0 Å². The number of fused-ring (bicyclic) bond motifs is 2. The van der Waals surface area contributed by atoms with Gasteiger partial charge >= 0.3 is 0 Å². The normalized spacial score (nSPS) is 15.0. The molecule has 0 bridgehead atoms. The summed E-state index contributed by atoms with van der Waals surface area (Å²) >= 11 is 0. The highest BCUT2D eigenvalue weighted by molar-refractivity contribution is 6.05. The number of nitrogens with zero attached hydrogens (tertiary/aromatic N) is 3. The molecule has 3 aromatic carbocycles. The maximum atomic E-state index is 14.3. The molecular weight excluding hydrogens is 550 g/mol. The van der Waals surface area contributed by atoms with Crippen LogP contribution in [0.25, 0.3) is 22.2 Å². The van der Waals surface area contributed by atoms with Crippen molar-refractivity contribution in [3.05, 3.63) is 125 Å². The summed E-state index contributed by atoms with van der Waals surface area (Å²) in [5.41, 5.74) is 12.1. The number of para-hydroxylation sites is 1. The lowest BCUT2D eigenvalue weighted by molar-refractivity contribution is -0.127. The van der Waals surface area contributed by atoms with Crippen molar-refractivity contribution in [2.75, 3.05) is 0 Å². The number of nitrogens with one attached hydrogen (secondary N) is 2. The Balaban J connectivity index is 1.50. The topological polar surface area (TPSA) is 96.3 Å². The van der Waals surface area contributed by atoms with Crippen LogP contribution >= 0.6 is 0 Å². The van der Waals surface area contributed by atoms with Gasteiger partial charge in [-0.15, -0.1) is 0 Å². The van der Waals surface area contributed by atoms with Crippen LogP contribution in [0.3, 0.4) is 0 Å². The second kappa shape index (κ2) is 11.8. The third kappa shape index (κ3) is 5.13. The van der Waals surface area contributed by atoms with Gasteiger partial charge in [-0.2, -0.15) is 0 Å². The van der Waals surface area contributed by atoms with E-state index >= 15 is 0 Å². The zero-order chi connectivity index (χ0) is 31.0. The number of hydrazine groups is 1. The number of hydrogen-bond donors (Lipinski definition) is 2. The molecular formula is C36H35N5O3. The molecule has 3 amide bonds. The predicted molar refractivity (Wildman–Crippen MR) is 171 cm³/mol. The van der Waals surface area contributed by atoms with E-state index in [0.29, 0.717) is 17.5 Å². The Morgan fingerprint density at radius 1 is 0.886 bits per heavy atom. The summed E-state index contributed by atoms with van der Waals surface area (Å²) in [6, 6.07) is 25.9. The minimum atomic E-state index is -0.859. The summed E-state index contributed by atoms with van der Waals surface area (Å²) in [6.07, 6.45) is 3.43. The van der Waals surface area contributed by atoms with Gasteiger partial charge in [-0.3, -0.25) is 30.2 Å². The van der Waals surface area contributed by atoms with Crippen molar-refractivity contribution in [1.82, 2.24) is 25.3 Å². The Labute approximate surface area is 256 Å². The van der Waals surface area contributed by atoms with Crippen molar-refractivity contribution in [1.29, 1.82) is 0 Å². The summed E-state index contributed by atoms with van der Waals surface area (Å²) in [7, 11) is 2.04. The highest BCUT2D eigenvalue weighted by atomic mass is 16.2. The number of carbonyl (C=O) groups excluding carboxylic acids is 3. The molecule has 8 nitrogen and oxygen atoms in total. The molecule has 3 heterocycles. The van der Waals surface area contributed by atoms with E-state index in [9.17, 15) is 14.4 Å². The van der Waals surface area contributed by atoms with Crippen LogP contribution < -0.4 is 10.9 Å². The second-order valence-electron chi connectivity index (χ2n) is 11.7. The van der Waals surface area contributed by atoms with E-state index < -0.39 is 23.9 Å². The zero-order valence-electron chi connectivity index (χ0n) is 25.2. The SMILES string of the molecule is Cc1ccc(-c2c(C3c4ccccc4C(=O)N3C(CC(C)C)C(=O)NNC(=O)c3ccncc3)c3ccccc3n2C)cc1. The maximum absolute atomic E-state index is 14.3. The van der Waals surface area contributed by atoms with Crippen molar-refractivity contribution in [2.45, 2.75) is 39.3 Å². The lowest BCUT2D eigenvalue weighted by Crippen LogP contribution is -2.53. The minimum Gasteiger partial charge on any atom is -0.343 e. The number of aromatic nitrogens is 2. The summed E-state index contributed by atoms with van der Waals surface area (Å²) in [5.74, 6) is -1.05. The van der Waals surface area contributed by atoms with Gasteiger partial charge < -0.3 is 9.47 Å². The summed E-state index contributed by atoms with van der Waals surface area (Å²) in [6.45, 7) is 6.10. The lowest BCUT2D eigenvalue weighted by atomic mass is 9.91. The Morgan fingerprint density at radius 2 is 1.57 bits per heavy atom. The van der Waals surface area contributed by atoms with Gasteiger partial charge in [-0.25, -0.2) is 0 Å². The molecule has 5 aromatic rings. The van der Waals surface area contributed by atoms with E-state index in [-0.39, 0.29) is 11.8 Å². The zero-order valence-corrected chi connectivity index (χ0v) is 25.2. The van der Waals surface area contributed by atoms with Crippen LogP contribution in [-0.2, 0) is 11.8 Å². The van der Waals surface area contributed by atoms with Gasteiger partial charge in [0.2, 0.25) is 0 Å². The smallest absolute Gasteiger partial charge is 0.269 e. The quantitative estimate of drug-likeness (QED) is 0.230. The standard InChI is InChI=1S/C36H35N5O3/c1-22(2)21-30(35(43)39-38-34(42)25-17-19-37-20-18-25)41-33(26-9-5-6-10-27(26)36(41)44)31-28-11-7-8-12-29(28)40(4)32(31)24-15-13-23(3)14-16-24/h5-20,22,30,33H,21H2,1-4H3,(H,38,42)(H,39,43). The van der Waals surface area contributed by atoms with Gasteiger partial charge in [-0.05, 0) is 54.7 Å². The predicted octanol–water partition coefficient (Wildman–Crippen LogP) is 5.97. The molecule has 2 N–H and O–H groups in total. The molecule has 2 atom stereocenters. The van der Waals surface area contributed by atoms with E-state index in [1.165, 1.54) is 12.4 Å². The van der Waals surface area contributed by atoms with Crippen LogP contribution in [0.5, 0.6) is 0 Å². The molecule has 0 spiro atoms. The Kier molecular flexibility index (Phi) is 7.74. The average Bonchev–Trinajstić information content (AvgIpc) is 3.49. The largest absolute Gasteiger partial charge is 0.343 e. The molecule has 0 saturated heterocycles. The monoisotopic (exact) mass is 585 g/mol. The molecule has 1 aliphatic heterocycles. The molecule has 0 aliphatic carbocycles. The first-order chi connectivity index (χ1) is 21.3. The third-order valence-corrected chi connectivity index (χ3v) is 8.32. The van der Waals surface area contributed by atoms with Crippen LogP contribution in [0.4, 0.5) is 0 Å². The molecule has 1 aliphatic rings. The van der Waals surface area contributed by atoms with Gasteiger partial charge in [0, 0.05) is 47.0 Å². The molecule has 6 rings (SSSR count). The number of hydrogen-bond acceptors (Lipinski definition) is 4. The van der Waals surface area contributed by atoms with E-state index in [1.54, 1.807) is 17.0 Å². The molecule has 222 valence electrons. The first-order valence-corrected chi connectivity index (χ1v) is 14.8. The van der Waals surface area contributed by atoms with Gasteiger partial charge in [-0.1, -0.05) is 80.1 Å². The second-order valence-corrected chi connectivity index (χ2v) is 11.7. The molecule has 2 aromatic heterocycles. The number of aryl methyl sites for hydroxylation is 2. The van der Waals surface area contributed by atoms with E-state index in [2.05, 4.69) is 63.7 Å². The van der Waals surface area contributed by atoms with E-state index in [4.69, 9.17) is 0 Å². The van der Waals surface area contributed by atoms with Gasteiger partial charge in [0.05, 0.1) is 11.7 Å². The fraction of sp³-hybridized carbons (Fsp3) is 0.222. The number of amides is 3. The van der Waals surface area contributed by atoms with Gasteiger partial charge in [0.1, 0.15) is 6.04 Å². The number of carbonyl (C=O) groups is 3. The van der Waals surface area contributed by atoms with Crippen LogP contribution in [0.1, 0.15) is 63.7 Å². The number of pyridine rings is 1. The highest BCUT2D eigenvalue weighted by Crippen LogP contribution is 2.47. The molecule has 2 unspecified atom stereocenters. The van der Waals surface area contributed by atoms with Crippen LogP contribution in [0, 0.1) is 12.8 Å². The summed E-state index contributed by atoms with van der Waals surface area (Å²) < 4.78 is 2.17. The van der Waals surface area contributed by atoms with Crippen molar-refractivity contribution >= 4 is 28.6 Å². The fourth-order valence-corrected chi connectivity index (χ4v) is 6.28. The van der Waals surface area contributed by atoms with E-state index in [1.807, 2.05) is 57.3 Å². The van der Waals surface area contributed by atoms with Crippen molar-refractivity contribution < 1.29 is 14.4 Å². The summed E-state index contributed by atoms with van der Waals surface area (Å²) in [5, 5.41) is 1.01. The van der Waals surface area contributed by atoms with Crippen LogP contribution in [0.2, 0.25) is 0 Å². The van der Waals surface area contributed by atoms with Crippen LogP contribution in [-0.4, -0.2) is 38.2 Å². The number of benzene rings is 3. The Bertz CT molecular complexity index is 1860. The Morgan fingerprint density at radius 3 is 2.30 bits per heavy atom. The minimum absolute atomic E-state index is 0.0860. The molecule has 0 fully saturated rings. The van der Waals surface area contributed by atoms with Crippen LogP contribution in [0.15, 0.2) is 97.3 Å². The fourth-order valence-electron chi connectivity index (χ4n) is 6.28. The third-order valence-electron chi connectivity index (χ3n) is 8.32. The van der Waals surface area contributed by atoms with Gasteiger partial charge in [0.25, 0.3) is 17.7 Å². The molecule has 0 radical (unpaired) electrons. The summed E-state index contributed by atoms with van der Waals surface area (Å²) in [4.78, 5) is 46.8. The average molecular weight is 586 g/mol. The first kappa shape index (κ1) is 28.9. The highest BCUT2D eigenvalue weighted by Gasteiger charge is 2.46. The molecule has 0 saturated carbocycles. The van der Waals surface area contributed by atoms with Crippen molar-refractivity contribution in [2.24, 2.45) is 13.0 Å². The number of rotatable bonds is 7.